The number of rotatable bonds is 3. The van der Waals surface area contributed by atoms with E-state index in [9.17, 15) is 0 Å². The van der Waals surface area contributed by atoms with Crippen molar-refractivity contribution in [2.75, 3.05) is 26.2 Å². The van der Waals surface area contributed by atoms with Gasteiger partial charge in [0.1, 0.15) is 0 Å². The highest BCUT2D eigenvalue weighted by Gasteiger charge is 2.56. The number of allylic oxidation sites excluding steroid dienone is 1. The van der Waals surface area contributed by atoms with Crippen LogP contribution in [0.5, 0.6) is 0 Å². The molecule has 0 aromatic carbocycles. The molecule has 0 radical (unpaired) electrons. The standard InChI is InChI=1S/C26H42N2/c1-4-15-28-18-7-8-24-22-10-9-20-19-21(27-16-5-6-17-27)11-13-25(20,2)23(22)12-14-26(24,28)3/h4,9,21-24H,1,5-8,10-19H2,2-3H3/t21-,22+,23-,24-,25-,26-/m0/s1. The first kappa shape index (κ1) is 19.4. The number of piperidine rings is 1. The Morgan fingerprint density at radius 2 is 1.86 bits per heavy atom. The van der Waals surface area contributed by atoms with Gasteiger partial charge in [0.15, 0.2) is 0 Å². The number of hydrogen-bond acceptors (Lipinski definition) is 2. The average Bonchev–Trinajstić information content (AvgIpc) is 3.22. The topological polar surface area (TPSA) is 6.48 Å². The van der Waals surface area contributed by atoms with Crippen LogP contribution >= 0.6 is 0 Å². The highest BCUT2D eigenvalue weighted by Crippen LogP contribution is 2.61. The Morgan fingerprint density at radius 3 is 2.64 bits per heavy atom. The second kappa shape index (κ2) is 7.27. The summed E-state index contributed by atoms with van der Waals surface area (Å²) in [5.41, 5.74) is 2.78. The van der Waals surface area contributed by atoms with E-state index in [1.54, 1.807) is 0 Å². The molecule has 0 N–H and O–H groups in total. The molecule has 2 saturated carbocycles. The van der Waals surface area contributed by atoms with E-state index >= 15 is 0 Å². The maximum atomic E-state index is 4.05. The summed E-state index contributed by atoms with van der Waals surface area (Å²) in [6.45, 7) is 14.4. The Labute approximate surface area is 173 Å². The zero-order valence-corrected chi connectivity index (χ0v) is 18.5. The Bertz CT molecular complexity index is 632. The molecule has 5 rings (SSSR count). The van der Waals surface area contributed by atoms with Crippen LogP contribution in [0.2, 0.25) is 0 Å². The summed E-state index contributed by atoms with van der Waals surface area (Å²) in [6, 6.07) is 0.852. The molecule has 5 aliphatic rings. The fraction of sp³-hybridized carbons (Fsp3) is 0.846. The van der Waals surface area contributed by atoms with Crippen LogP contribution in [0.15, 0.2) is 24.3 Å². The number of hydrogen-bond donors (Lipinski definition) is 0. The average molecular weight is 383 g/mol. The predicted molar refractivity (Wildman–Crippen MR) is 118 cm³/mol. The molecule has 2 aliphatic heterocycles. The Morgan fingerprint density at radius 1 is 1.04 bits per heavy atom. The second-order valence-corrected chi connectivity index (χ2v) is 11.2. The first-order chi connectivity index (χ1) is 13.6. The molecule has 0 unspecified atom stereocenters. The molecule has 0 aromatic heterocycles. The molecule has 28 heavy (non-hydrogen) atoms. The van der Waals surface area contributed by atoms with Gasteiger partial charge in [-0.05, 0) is 114 Å². The third-order valence-corrected chi connectivity index (χ3v) is 10.1. The minimum Gasteiger partial charge on any atom is -0.300 e. The molecule has 0 amide bonds. The van der Waals surface area contributed by atoms with Crippen molar-refractivity contribution < 1.29 is 0 Å². The van der Waals surface area contributed by atoms with Crippen molar-refractivity contribution in [3.05, 3.63) is 24.3 Å². The number of fused-ring (bicyclic) bond motifs is 5. The van der Waals surface area contributed by atoms with E-state index in [0.29, 0.717) is 11.0 Å². The third kappa shape index (κ3) is 2.88. The van der Waals surface area contributed by atoms with Crippen LogP contribution in [0.3, 0.4) is 0 Å². The maximum Gasteiger partial charge on any atom is 0.0215 e. The Balaban J connectivity index is 1.39. The lowest BCUT2D eigenvalue weighted by Gasteiger charge is -2.62. The Kier molecular flexibility index (Phi) is 5.03. The van der Waals surface area contributed by atoms with Crippen LogP contribution in [-0.4, -0.2) is 47.6 Å². The zero-order chi connectivity index (χ0) is 19.4. The van der Waals surface area contributed by atoms with Crippen LogP contribution < -0.4 is 0 Å². The zero-order valence-electron chi connectivity index (χ0n) is 18.5. The van der Waals surface area contributed by atoms with E-state index in [4.69, 9.17) is 0 Å². The molecule has 0 spiro atoms. The summed E-state index contributed by atoms with van der Waals surface area (Å²) < 4.78 is 0. The normalized spacial score (nSPS) is 47.0. The molecular weight excluding hydrogens is 340 g/mol. The largest absolute Gasteiger partial charge is 0.300 e. The smallest absolute Gasteiger partial charge is 0.0215 e. The summed E-state index contributed by atoms with van der Waals surface area (Å²) >= 11 is 0. The van der Waals surface area contributed by atoms with Crippen molar-refractivity contribution >= 4 is 0 Å². The van der Waals surface area contributed by atoms with Crippen molar-refractivity contribution in [3.8, 4) is 0 Å². The summed E-state index contributed by atoms with van der Waals surface area (Å²) in [4.78, 5) is 5.61. The van der Waals surface area contributed by atoms with Crippen molar-refractivity contribution in [2.24, 2.45) is 23.2 Å². The summed E-state index contributed by atoms with van der Waals surface area (Å²) in [5.74, 6) is 2.75. The van der Waals surface area contributed by atoms with Crippen LogP contribution in [-0.2, 0) is 0 Å². The van der Waals surface area contributed by atoms with E-state index in [2.05, 4.69) is 42.4 Å². The maximum absolute atomic E-state index is 4.05. The molecule has 0 aromatic rings. The van der Waals surface area contributed by atoms with Crippen LogP contribution in [0.1, 0.15) is 78.1 Å². The lowest BCUT2D eigenvalue weighted by Crippen LogP contribution is -2.62. The van der Waals surface area contributed by atoms with Gasteiger partial charge >= 0.3 is 0 Å². The van der Waals surface area contributed by atoms with Gasteiger partial charge < -0.3 is 4.90 Å². The Hall–Kier alpha value is -0.600. The SMILES string of the molecule is C=CCN1CCC[C@H]2[C@@H]3CC=C4C[C@@H](N5CCCC5)CC[C@]4(C)[C@H]3CC[C@@]21C. The predicted octanol–water partition coefficient (Wildman–Crippen LogP) is 5.65. The van der Waals surface area contributed by atoms with Crippen molar-refractivity contribution in [2.45, 2.75) is 89.6 Å². The molecule has 156 valence electrons. The van der Waals surface area contributed by atoms with Gasteiger partial charge in [-0.15, -0.1) is 6.58 Å². The van der Waals surface area contributed by atoms with E-state index in [1.807, 2.05) is 5.57 Å². The van der Waals surface area contributed by atoms with Gasteiger partial charge in [0.25, 0.3) is 0 Å². The first-order valence-electron chi connectivity index (χ1n) is 12.4. The van der Waals surface area contributed by atoms with Crippen molar-refractivity contribution in [1.82, 2.24) is 9.80 Å². The molecule has 4 fully saturated rings. The molecule has 2 saturated heterocycles. The summed E-state index contributed by atoms with van der Waals surface area (Å²) in [7, 11) is 0. The van der Waals surface area contributed by atoms with Crippen molar-refractivity contribution in [3.63, 3.8) is 0 Å². The van der Waals surface area contributed by atoms with Gasteiger partial charge in [-0.25, -0.2) is 0 Å². The van der Waals surface area contributed by atoms with Gasteiger partial charge in [-0.1, -0.05) is 24.6 Å². The molecule has 2 nitrogen and oxygen atoms in total. The van der Waals surface area contributed by atoms with Gasteiger partial charge in [-0.2, -0.15) is 0 Å². The minimum absolute atomic E-state index is 0.419. The molecule has 0 bridgehead atoms. The lowest BCUT2D eigenvalue weighted by atomic mass is 9.47. The molecule has 3 aliphatic carbocycles. The van der Waals surface area contributed by atoms with Gasteiger partial charge in [-0.3, -0.25) is 4.90 Å². The van der Waals surface area contributed by atoms with Gasteiger partial charge in [0.05, 0.1) is 0 Å². The quantitative estimate of drug-likeness (QED) is 0.582. The van der Waals surface area contributed by atoms with E-state index in [0.717, 1.165) is 30.3 Å². The molecule has 2 heterocycles. The monoisotopic (exact) mass is 382 g/mol. The van der Waals surface area contributed by atoms with Crippen molar-refractivity contribution in [1.29, 1.82) is 0 Å². The van der Waals surface area contributed by atoms with Crippen LogP contribution in [0.25, 0.3) is 0 Å². The van der Waals surface area contributed by atoms with E-state index in [1.165, 1.54) is 83.8 Å². The minimum atomic E-state index is 0.419. The summed E-state index contributed by atoms with van der Waals surface area (Å²) in [6.07, 6.45) is 19.1. The lowest BCUT2D eigenvalue weighted by molar-refractivity contribution is -0.0947. The molecule has 6 atom stereocenters. The summed E-state index contributed by atoms with van der Waals surface area (Å²) in [5, 5.41) is 0. The van der Waals surface area contributed by atoms with E-state index in [-0.39, 0.29) is 0 Å². The fourth-order valence-corrected chi connectivity index (χ4v) is 8.49. The van der Waals surface area contributed by atoms with Gasteiger partial charge in [0.2, 0.25) is 0 Å². The highest BCUT2D eigenvalue weighted by atomic mass is 15.2. The number of nitrogens with zero attached hydrogens (tertiary/aromatic N) is 2. The van der Waals surface area contributed by atoms with Crippen LogP contribution in [0.4, 0.5) is 0 Å². The molecular formula is C26H42N2. The first-order valence-corrected chi connectivity index (χ1v) is 12.4. The van der Waals surface area contributed by atoms with E-state index < -0.39 is 0 Å². The third-order valence-electron chi connectivity index (χ3n) is 10.1. The highest BCUT2D eigenvalue weighted by molar-refractivity contribution is 5.26. The second-order valence-electron chi connectivity index (χ2n) is 11.2. The fourth-order valence-electron chi connectivity index (χ4n) is 8.49. The van der Waals surface area contributed by atoms with Crippen LogP contribution in [0, 0.1) is 23.2 Å². The number of likely N-dealkylation sites (tertiary alicyclic amines) is 2. The molecule has 2 heteroatoms. The van der Waals surface area contributed by atoms with Gasteiger partial charge in [0, 0.05) is 18.1 Å².